The topological polar surface area (TPSA) is 66.4 Å². The fourth-order valence-corrected chi connectivity index (χ4v) is 2.75. The second-order valence-electron chi connectivity index (χ2n) is 5.39. The summed E-state index contributed by atoms with van der Waals surface area (Å²) in [7, 11) is 1.16. The van der Waals surface area contributed by atoms with E-state index in [1.54, 1.807) is 6.08 Å². The Bertz CT molecular complexity index is 501. The van der Waals surface area contributed by atoms with E-state index in [1.165, 1.54) is 18.6 Å². The fraction of sp³-hybridized carbons (Fsp3) is 0.444. The summed E-state index contributed by atoms with van der Waals surface area (Å²) in [6.07, 6.45) is 12.7. The highest BCUT2D eigenvalue weighted by molar-refractivity contribution is 5.99. The SMILES string of the molecule is C=CCC(C(=O)[O-])(C(=O)OC)C(C=C)/C=C/C1=CCCCC1. The van der Waals surface area contributed by atoms with E-state index in [9.17, 15) is 14.7 Å². The van der Waals surface area contributed by atoms with Gasteiger partial charge in [0.2, 0.25) is 0 Å². The third-order valence-electron chi connectivity index (χ3n) is 4.05. The summed E-state index contributed by atoms with van der Waals surface area (Å²) in [4.78, 5) is 23.8. The molecule has 1 rings (SSSR count). The van der Waals surface area contributed by atoms with Gasteiger partial charge in [-0.25, -0.2) is 0 Å². The Morgan fingerprint density at radius 3 is 2.64 bits per heavy atom. The van der Waals surface area contributed by atoms with Crippen LogP contribution in [0, 0.1) is 11.3 Å². The van der Waals surface area contributed by atoms with Crippen LogP contribution in [-0.4, -0.2) is 19.0 Å². The Kier molecular flexibility index (Phi) is 6.83. The molecule has 0 aromatic rings. The number of esters is 1. The van der Waals surface area contributed by atoms with Crippen LogP contribution in [0.25, 0.3) is 0 Å². The number of aliphatic carboxylic acids is 1. The van der Waals surface area contributed by atoms with E-state index in [4.69, 9.17) is 4.74 Å². The minimum Gasteiger partial charge on any atom is -0.549 e. The van der Waals surface area contributed by atoms with Gasteiger partial charge in [0.1, 0.15) is 5.41 Å². The molecular weight excluding hydrogens is 280 g/mol. The predicted molar refractivity (Wildman–Crippen MR) is 83.6 cm³/mol. The lowest BCUT2D eigenvalue weighted by atomic mass is 9.72. The third-order valence-corrected chi connectivity index (χ3v) is 4.05. The number of ether oxygens (including phenoxy) is 1. The van der Waals surface area contributed by atoms with Gasteiger partial charge in [0, 0.05) is 5.92 Å². The number of hydrogen-bond acceptors (Lipinski definition) is 4. The van der Waals surface area contributed by atoms with Gasteiger partial charge in [-0.3, -0.25) is 4.79 Å². The van der Waals surface area contributed by atoms with Crippen LogP contribution in [0.3, 0.4) is 0 Å². The van der Waals surface area contributed by atoms with Gasteiger partial charge < -0.3 is 14.6 Å². The average Bonchev–Trinajstić information content (AvgIpc) is 2.54. The Hall–Kier alpha value is -2.10. The van der Waals surface area contributed by atoms with Crippen LogP contribution in [0.2, 0.25) is 0 Å². The van der Waals surface area contributed by atoms with Gasteiger partial charge in [0.25, 0.3) is 0 Å². The van der Waals surface area contributed by atoms with Crippen LogP contribution in [0.15, 0.2) is 49.1 Å². The molecule has 0 radical (unpaired) electrons. The second-order valence-corrected chi connectivity index (χ2v) is 5.39. The van der Waals surface area contributed by atoms with E-state index in [0.29, 0.717) is 0 Å². The van der Waals surface area contributed by atoms with Gasteiger partial charge >= 0.3 is 5.97 Å². The number of rotatable bonds is 8. The molecule has 120 valence electrons. The molecule has 0 saturated carbocycles. The molecule has 2 unspecified atom stereocenters. The highest BCUT2D eigenvalue weighted by atomic mass is 16.5. The van der Waals surface area contributed by atoms with Gasteiger partial charge in [-0.05, 0) is 32.1 Å². The van der Waals surface area contributed by atoms with Crippen LogP contribution in [0.5, 0.6) is 0 Å². The van der Waals surface area contributed by atoms with Crippen molar-refractivity contribution in [3.8, 4) is 0 Å². The molecule has 0 aromatic carbocycles. The molecule has 0 fully saturated rings. The molecule has 0 aliphatic heterocycles. The number of carboxylic acids is 1. The number of carbonyl (C=O) groups excluding carboxylic acids is 2. The highest BCUT2D eigenvalue weighted by Gasteiger charge is 2.45. The summed E-state index contributed by atoms with van der Waals surface area (Å²) in [6, 6.07) is 0. The first-order valence-electron chi connectivity index (χ1n) is 7.43. The maximum Gasteiger partial charge on any atom is 0.318 e. The van der Waals surface area contributed by atoms with E-state index in [0.717, 1.165) is 31.9 Å². The molecule has 0 N–H and O–H groups in total. The number of hydrogen-bond donors (Lipinski definition) is 0. The third kappa shape index (κ3) is 3.75. The molecule has 22 heavy (non-hydrogen) atoms. The lowest BCUT2D eigenvalue weighted by molar-refractivity contribution is -0.319. The van der Waals surface area contributed by atoms with E-state index in [-0.39, 0.29) is 6.42 Å². The molecule has 0 aromatic heterocycles. The van der Waals surface area contributed by atoms with Crippen molar-refractivity contribution in [3.05, 3.63) is 49.1 Å². The molecule has 0 amide bonds. The lowest BCUT2D eigenvalue weighted by Gasteiger charge is -2.35. The van der Waals surface area contributed by atoms with Gasteiger partial charge in [-0.15, -0.1) is 13.2 Å². The molecule has 0 bridgehead atoms. The summed E-state index contributed by atoms with van der Waals surface area (Å²) in [6.45, 7) is 7.21. The van der Waals surface area contributed by atoms with E-state index >= 15 is 0 Å². The average molecular weight is 303 g/mol. The standard InChI is InChI=1S/C18H24O4/c1-4-13-18(16(19)20,17(21)22-3)15(5-2)12-11-14-9-7-6-8-10-14/h4-5,9,11-12,15H,1-2,6-8,10,13H2,3H3,(H,19,20)/p-1/b12-11+. The second kappa shape index (κ2) is 8.37. The molecule has 1 aliphatic carbocycles. The smallest absolute Gasteiger partial charge is 0.318 e. The molecule has 4 heteroatoms. The summed E-state index contributed by atoms with van der Waals surface area (Å²) >= 11 is 0. The number of methoxy groups -OCH3 is 1. The van der Waals surface area contributed by atoms with Crippen LogP contribution >= 0.6 is 0 Å². The summed E-state index contributed by atoms with van der Waals surface area (Å²) in [5.41, 5.74) is -0.682. The Labute approximate surface area is 131 Å². The zero-order chi connectivity index (χ0) is 16.6. The largest absolute Gasteiger partial charge is 0.549 e. The number of carbonyl (C=O) groups is 2. The van der Waals surface area contributed by atoms with Crippen LogP contribution in [0.4, 0.5) is 0 Å². The lowest BCUT2D eigenvalue weighted by Crippen LogP contribution is -2.52. The van der Waals surface area contributed by atoms with Gasteiger partial charge in [-0.2, -0.15) is 0 Å². The molecule has 2 atom stereocenters. The van der Waals surface area contributed by atoms with Crippen LogP contribution in [-0.2, 0) is 14.3 Å². The van der Waals surface area contributed by atoms with Crippen molar-refractivity contribution in [2.24, 2.45) is 11.3 Å². The Morgan fingerprint density at radius 1 is 1.45 bits per heavy atom. The molecular formula is C18H23O4-. The molecule has 4 nitrogen and oxygen atoms in total. The van der Waals surface area contributed by atoms with Crippen LogP contribution in [0.1, 0.15) is 32.1 Å². The van der Waals surface area contributed by atoms with Crippen molar-refractivity contribution in [2.45, 2.75) is 32.1 Å². The first kappa shape index (κ1) is 18.0. The monoisotopic (exact) mass is 303 g/mol. The maximum atomic E-state index is 12.1. The summed E-state index contributed by atoms with van der Waals surface area (Å²) in [5, 5.41) is 11.7. The van der Waals surface area contributed by atoms with Crippen molar-refractivity contribution in [3.63, 3.8) is 0 Å². The van der Waals surface area contributed by atoms with E-state index in [2.05, 4.69) is 19.2 Å². The Balaban J connectivity index is 3.17. The fourth-order valence-electron chi connectivity index (χ4n) is 2.75. The normalized spacial score (nSPS) is 18.9. The Morgan fingerprint density at radius 2 is 2.18 bits per heavy atom. The molecule has 0 saturated heterocycles. The molecule has 0 heterocycles. The molecule has 0 spiro atoms. The highest BCUT2D eigenvalue weighted by Crippen LogP contribution is 2.36. The first-order chi connectivity index (χ1) is 10.5. The van der Waals surface area contributed by atoms with Crippen molar-refractivity contribution in [2.75, 3.05) is 7.11 Å². The van der Waals surface area contributed by atoms with Crippen molar-refractivity contribution >= 4 is 11.9 Å². The number of allylic oxidation sites excluding steroid dienone is 6. The van der Waals surface area contributed by atoms with E-state index < -0.39 is 23.3 Å². The number of carboxylic acid groups (broad SMARTS) is 1. The van der Waals surface area contributed by atoms with Crippen molar-refractivity contribution in [1.29, 1.82) is 0 Å². The zero-order valence-electron chi connectivity index (χ0n) is 13.0. The maximum absolute atomic E-state index is 12.1. The minimum atomic E-state index is -1.83. The van der Waals surface area contributed by atoms with Gasteiger partial charge in [0.05, 0.1) is 13.1 Å². The minimum absolute atomic E-state index is 0.0813. The van der Waals surface area contributed by atoms with E-state index in [1.807, 2.05) is 6.08 Å². The summed E-state index contributed by atoms with van der Waals surface area (Å²) < 4.78 is 4.70. The predicted octanol–water partition coefficient (Wildman–Crippen LogP) is 2.33. The van der Waals surface area contributed by atoms with Crippen molar-refractivity contribution in [1.82, 2.24) is 0 Å². The summed E-state index contributed by atoms with van der Waals surface area (Å²) in [5.74, 6) is -3.06. The van der Waals surface area contributed by atoms with Gasteiger partial charge in [-0.1, -0.05) is 36.0 Å². The quantitative estimate of drug-likeness (QED) is 0.392. The van der Waals surface area contributed by atoms with Crippen LogP contribution < -0.4 is 5.11 Å². The zero-order valence-corrected chi connectivity index (χ0v) is 13.0. The van der Waals surface area contributed by atoms with Crippen molar-refractivity contribution < 1.29 is 19.4 Å². The van der Waals surface area contributed by atoms with Gasteiger partial charge in [0.15, 0.2) is 0 Å². The first-order valence-corrected chi connectivity index (χ1v) is 7.43. The molecule has 1 aliphatic rings.